The van der Waals surface area contributed by atoms with Gasteiger partial charge in [-0.2, -0.15) is 0 Å². The minimum atomic E-state index is -1.41. The van der Waals surface area contributed by atoms with Crippen LogP contribution in [0.5, 0.6) is 0 Å². The van der Waals surface area contributed by atoms with Crippen LogP contribution in [0.1, 0.15) is 39.9 Å². The number of amides is 2. The lowest BCUT2D eigenvalue weighted by Gasteiger charge is -2.17. The van der Waals surface area contributed by atoms with Gasteiger partial charge < -0.3 is 25.6 Å². The van der Waals surface area contributed by atoms with Crippen molar-refractivity contribution in [2.75, 3.05) is 6.61 Å². The average Bonchev–Trinajstić information content (AvgIpc) is 3.18. The third-order valence-electron chi connectivity index (χ3n) is 6.03. The Morgan fingerprint density at radius 1 is 0.914 bits per heavy atom. The molecule has 3 aromatic carbocycles. The summed E-state index contributed by atoms with van der Waals surface area (Å²) in [5, 5.41) is 23.6. The Kier molecular flexibility index (Phi) is 7.12. The fourth-order valence-corrected chi connectivity index (χ4v) is 4.21. The molecule has 180 valence electrons. The molecule has 1 aliphatic carbocycles. The smallest absolute Gasteiger partial charge is 0.407 e. The van der Waals surface area contributed by atoms with E-state index in [2.05, 4.69) is 34.9 Å². The van der Waals surface area contributed by atoms with Gasteiger partial charge in [0.1, 0.15) is 6.61 Å². The lowest BCUT2D eigenvalue weighted by atomic mass is 9.98. The summed E-state index contributed by atoms with van der Waals surface area (Å²) in [5.41, 5.74) is 5.56. The van der Waals surface area contributed by atoms with Gasteiger partial charge in [-0.3, -0.25) is 4.79 Å². The Hall–Kier alpha value is -4.17. The summed E-state index contributed by atoms with van der Waals surface area (Å²) in [7, 11) is 0. The number of aliphatic hydroxyl groups is 1. The van der Waals surface area contributed by atoms with Gasteiger partial charge in [0.15, 0.2) is 6.04 Å². The van der Waals surface area contributed by atoms with E-state index in [1.807, 2.05) is 24.3 Å². The number of aliphatic hydroxyl groups excluding tert-OH is 1. The van der Waals surface area contributed by atoms with Crippen molar-refractivity contribution in [1.29, 1.82) is 0 Å². The van der Waals surface area contributed by atoms with Crippen LogP contribution in [0.3, 0.4) is 0 Å². The number of aliphatic carboxylic acids is 1. The van der Waals surface area contributed by atoms with E-state index in [0.29, 0.717) is 0 Å². The molecule has 0 radical (unpaired) electrons. The molecule has 8 nitrogen and oxygen atoms in total. The Balaban J connectivity index is 1.30. The highest BCUT2D eigenvalue weighted by Crippen LogP contribution is 2.44. The van der Waals surface area contributed by atoms with Crippen molar-refractivity contribution < 1.29 is 29.3 Å². The lowest BCUT2D eigenvalue weighted by molar-refractivity contribution is -0.141. The van der Waals surface area contributed by atoms with Crippen molar-refractivity contribution in [2.24, 2.45) is 0 Å². The number of hydrogen-bond donors (Lipinski definition) is 4. The molecule has 0 unspecified atom stereocenters. The first-order chi connectivity index (χ1) is 16.8. The molecule has 2 atom stereocenters. The zero-order valence-corrected chi connectivity index (χ0v) is 19.1. The standard InChI is InChI=1S/C27H26N2O6/c1-16(30)24(26(32)33)29-25(31)18-12-10-17(11-13-18)14-28-27(34)35-15-23-21-8-4-2-6-19(21)20-7-3-5-9-22(20)23/h2-13,16,23-24,30H,14-15H2,1H3,(H,28,34)(H,29,31)(H,32,33)/t16-,24+/m1/s1. The third kappa shape index (κ3) is 5.33. The summed E-state index contributed by atoms with van der Waals surface area (Å²) in [6.45, 7) is 1.70. The number of fused-ring (bicyclic) bond motifs is 3. The molecule has 0 fully saturated rings. The largest absolute Gasteiger partial charge is 0.480 e. The van der Waals surface area contributed by atoms with E-state index in [9.17, 15) is 19.5 Å². The first kappa shape index (κ1) is 24.0. The van der Waals surface area contributed by atoms with E-state index >= 15 is 0 Å². The van der Waals surface area contributed by atoms with Gasteiger partial charge in [0, 0.05) is 18.0 Å². The maximum atomic E-state index is 12.3. The van der Waals surface area contributed by atoms with E-state index in [1.165, 1.54) is 19.1 Å². The van der Waals surface area contributed by atoms with Crippen LogP contribution in [-0.4, -0.2) is 46.9 Å². The van der Waals surface area contributed by atoms with Gasteiger partial charge in [-0.05, 0) is 46.9 Å². The van der Waals surface area contributed by atoms with Crippen LogP contribution in [0.4, 0.5) is 4.79 Å². The summed E-state index contributed by atoms with van der Waals surface area (Å²) in [6, 6.07) is 21.1. The number of benzene rings is 3. The van der Waals surface area contributed by atoms with Crippen LogP contribution in [0, 0.1) is 0 Å². The molecule has 0 heterocycles. The highest BCUT2D eigenvalue weighted by Gasteiger charge is 2.29. The third-order valence-corrected chi connectivity index (χ3v) is 6.03. The van der Waals surface area contributed by atoms with Crippen LogP contribution >= 0.6 is 0 Å². The highest BCUT2D eigenvalue weighted by atomic mass is 16.5. The minimum absolute atomic E-state index is 0.0257. The average molecular weight is 475 g/mol. The van der Waals surface area contributed by atoms with Crippen molar-refractivity contribution in [3.8, 4) is 11.1 Å². The van der Waals surface area contributed by atoms with E-state index in [4.69, 9.17) is 9.84 Å². The second-order valence-corrected chi connectivity index (χ2v) is 8.41. The number of rotatable bonds is 8. The molecule has 0 bridgehead atoms. The van der Waals surface area contributed by atoms with E-state index in [0.717, 1.165) is 27.8 Å². The molecular formula is C27H26N2O6. The number of carboxylic acids is 1. The first-order valence-corrected chi connectivity index (χ1v) is 11.2. The van der Waals surface area contributed by atoms with Gasteiger partial charge in [0.25, 0.3) is 5.91 Å². The van der Waals surface area contributed by atoms with Crippen molar-refractivity contribution >= 4 is 18.0 Å². The first-order valence-electron chi connectivity index (χ1n) is 11.2. The fourth-order valence-electron chi connectivity index (χ4n) is 4.21. The molecule has 3 aromatic rings. The minimum Gasteiger partial charge on any atom is -0.480 e. The lowest BCUT2D eigenvalue weighted by Crippen LogP contribution is -2.47. The maximum Gasteiger partial charge on any atom is 0.407 e. The molecule has 2 amide bonds. The number of carbonyl (C=O) groups is 3. The number of ether oxygens (including phenoxy) is 1. The van der Waals surface area contributed by atoms with Crippen LogP contribution < -0.4 is 10.6 Å². The second-order valence-electron chi connectivity index (χ2n) is 8.41. The molecular weight excluding hydrogens is 448 g/mol. The van der Waals surface area contributed by atoms with Gasteiger partial charge in [-0.15, -0.1) is 0 Å². The molecule has 0 aromatic heterocycles. The van der Waals surface area contributed by atoms with Gasteiger partial charge in [-0.1, -0.05) is 60.7 Å². The van der Waals surface area contributed by atoms with Crippen molar-refractivity contribution in [3.05, 3.63) is 95.1 Å². The SMILES string of the molecule is C[C@@H](O)[C@H](NC(=O)c1ccc(CNC(=O)OCC2c3ccccc3-c3ccccc32)cc1)C(=O)O. The van der Waals surface area contributed by atoms with E-state index < -0.39 is 30.1 Å². The molecule has 35 heavy (non-hydrogen) atoms. The van der Waals surface area contributed by atoms with Gasteiger partial charge >= 0.3 is 12.1 Å². The number of carbonyl (C=O) groups excluding carboxylic acids is 2. The summed E-state index contributed by atoms with van der Waals surface area (Å²) in [6.07, 6.45) is -1.79. The predicted molar refractivity (Wildman–Crippen MR) is 129 cm³/mol. The summed E-state index contributed by atoms with van der Waals surface area (Å²) < 4.78 is 5.52. The molecule has 1 aliphatic rings. The number of alkyl carbamates (subject to hydrolysis) is 1. The summed E-state index contributed by atoms with van der Waals surface area (Å²) in [4.78, 5) is 35.7. The van der Waals surface area contributed by atoms with E-state index in [1.54, 1.807) is 12.1 Å². The maximum absolute atomic E-state index is 12.3. The van der Waals surface area contributed by atoms with Crippen molar-refractivity contribution in [3.63, 3.8) is 0 Å². The van der Waals surface area contributed by atoms with Crippen LogP contribution in [0.2, 0.25) is 0 Å². The Labute approximate surface area is 202 Å². The van der Waals surface area contributed by atoms with E-state index in [-0.39, 0.29) is 24.6 Å². The summed E-state index contributed by atoms with van der Waals surface area (Å²) in [5.74, 6) is -1.96. The van der Waals surface area contributed by atoms with Gasteiger partial charge in [0.05, 0.1) is 6.10 Å². The van der Waals surface area contributed by atoms with Gasteiger partial charge in [0.2, 0.25) is 0 Å². The molecule has 8 heteroatoms. The monoisotopic (exact) mass is 474 g/mol. The molecule has 0 spiro atoms. The normalized spacial score (nSPS) is 13.8. The van der Waals surface area contributed by atoms with Gasteiger partial charge in [-0.25, -0.2) is 9.59 Å². The number of hydrogen-bond acceptors (Lipinski definition) is 5. The zero-order chi connectivity index (χ0) is 24.9. The topological polar surface area (TPSA) is 125 Å². The van der Waals surface area contributed by atoms with Crippen molar-refractivity contribution in [2.45, 2.75) is 31.5 Å². The quantitative estimate of drug-likeness (QED) is 0.397. The Morgan fingerprint density at radius 3 is 2.03 bits per heavy atom. The molecule has 4 N–H and O–H groups in total. The molecule has 4 rings (SSSR count). The second kappa shape index (κ2) is 10.4. The Bertz CT molecular complexity index is 1190. The predicted octanol–water partition coefficient (Wildman–Crippen LogP) is 3.29. The zero-order valence-electron chi connectivity index (χ0n) is 19.1. The summed E-state index contributed by atoms with van der Waals surface area (Å²) >= 11 is 0. The highest BCUT2D eigenvalue weighted by molar-refractivity contribution is 5.96. The number of nitrogens with one attached hydrogen (secondary N) is 2. The van der Waals surface area contributed by atoms with Crippen LogP contribution in [0.15, 0.2) is 72.8 Å². The van der Waals surface area contributed by atoms with Crippen LogP contribution in [0.25, 0.3) is 11.1 Å². The Morgan fingerprint density at radius 2 is 1.49 bits per heavy atom. The molecule has 0 saturated heterocycles. The molecule has 0 aliphatic heterocycles. The molecule has 0 saturated carbocycles. The van der Waals surface area contributed by atoms with Crippen LogP contribution in [-0.2, 0) is 16.1 Å². The number of carboxylic acid groups (broad SMARTS) is 1. The van der Waals surface area contributed by atoms with Crippen molar-refractivity contribution in [1.82, 2.24) is 10.6 Å². The fraction of sp³-hybridized carbons (Fsp3) is 0.222.